The van der Waals surface area contributed by atoms with Crippen LogP contribution in [-0.2, 0) is 6.54 Å². The first-order valence-electron chi connectivity index (χ1n) is 13.2. The zero-order valence-corrected chi connectivity index (χ0v) is 22.7. The van der Waals surface area contributed by atoms with Gasteiger partial charge in [-0.2, -0.15) is 5.10 Å². The molecule has 9 nitrogen and oxygen atoms in total. The van der Waals surface area contributed by atoms with Gasteiger partial charge < -0.3 is 14.4 Å². The molecular formula is C27H38FN7O2. The van der Waals surface area contributed by atoms with Gasteiger partial charge in [0.25, 0.3) is 0 Å². The quantitative estimate of drug-likeness (QED) is 0.541. The number of hydrogen-bond donors (Lipinski definition) is 1. The van der Waals surface area contributed by atoms with E-state index >= 15 is 4.39 Å². The van der Waals surface area contributed by atoms with Crippen molar-refractivity contribution in [2.75, 3.05) is 39.4 Å². The van der Waals surface area contributed by atoms with Crippen LogP contribution < -0.4 is 4.74 Å². The number of aromatic nitrogens is 5. The molecule has 2 aromatic heterocycles. The lowest BCUT2D eigenvalue weighted by Gasteiger charge is -2.44. The number of hydrogen-bond acceptors (Lipinski definition) is 7. The fraction of sp³-hybridized carbons (Fsp3) is 0.593. The Hall–Kier alpha value is -2.82. The number of aliphatic hydroxyl groups excluding tert-OH is 1. The molecule has 0 bridgehead atoms. The van der Waals surface area contributed by atoms with E-state index in [0.29, 0.717) is 30.3 Å². The van der Waals surface area contributed by atoms with E-state index in [1.54, 1.807) is 0 Å². The number of aliphatic hydroxyl groups is 1. The normalized spacial score (nSPS) is 17.9. The molecule has 2 aliphatic heterocycles. The van der Waals surface area contributed by atoms with E-state index in [0.717, 1.165) is 49.1 Å². The lowest BCUT2D eigenvalue weighted by molar-refractivity contribution is 0.00662. The lowest BCUT2D eigenvalue weighted by atomic mass is 9.99. The van der Waals surface area contributed by atoms with Crippen molar-refractivity contribution in [1.29, 1.82) is 0 Å². The zero-order chi connectivity index (χ0) is 26.5. The van der Waals surface area contributed by atoms with Crippen molar-refractivity contribution in [2.24, 2.45) is 0 Å². The van der Waals surface area contributed by atoms with Gasteiger partial charge in [0.2, 0.25) is 0 Å². The molecule has 3 aromatic rings. The number of fused-ring (bicyclic) bond motifs is 3. The van der Waals surface area contributed by atoms with Crippen LogP contribution in [0.1, 0.15) is 58.1 Å². The highest BCUT2D eigenvalue weighted by Crippen LogP contribution is 2.38. The van der Waals surface area contributed by atoms with Crippen molar-refractivity contribution in [3.05, 3.63) is 35.5 Å². The maximum atomic E-state index is 15.4. The van der Waals surface area contributed by atoms with Crippen LogP contribution in [-0.4, -0.2) is 84.2 Å². The topological polar surface area (TPSA) is 84.5 Å². The number of ether oxygens (including phenoxy) is 1. The molecule has 0 radical (unpaired) electrons. The van der Waals surface area contributed by atoms with E-state index in [-0.39, 0.29) is 30.0 Å². The van der Waals surface area contributed by atoms with Gasteiger partial charge in [-0.05, 0) is 47.6 Å². The predicted octanol–water partition coefficient (Wildman–Crippen LogP) is 3.68. The van der Waals surface area contributed by atoms with Gasteiger partial charge in [-0.25, -0.2) is 19.0 Å². The molecule has 2 aliphatic rings. The molecule has 0 spiro atoms. The van der Waals surface area contributed by atoms with Gasteiger partial charge in [-0.15, -0.1) is 0 Å². The molecule has 5 rings (SSSR count). The standard InChI is InChI=1S/C27H38FN7O2/c1-17(2)35-26(29-19(4)31-35)23-15-33-11-12-37-24-14-22(28)20(13-21(24)25(33)30-23)18(3)32-7-9-34(10-8-32)27(5,6)16-36/h13-15,17-18,36H,7-12,16H2,1-6H3/t18-/m1/s1. The maximum absolute atomic E-state index is 15.4. The highest BCUT2D eigenvalue weighted by atomic mass is 19.1. The number of aryl methyl sites for hydroxylation is 1. The molecule has 0 aliphatic carbocycles. The van der Waals surface area contributed by atoms with E-state index in [1.807, 2.05) is 23.9 Å². The second-order valence-corrected chi connectivity index (χ2v) is 11.1. The Balaban J connectivity index is 1.47. The summed E-state index contributed by atoms with van der Waals surface area (Å²) in [6.45, 7) is 16.6. The van der Waals surface area contributed by atoms with Crippen molar-refractivity contribution < 1.29 is 14.2 Å². The fourth-order valence-corrected chi connectivity index (χ4v) is 5.33. The molecule has 0 amide bonds. The van der Waals surface area contributed by atoms with Crippen LogP contribution in [0.15, 0.2) is 18.3 Å². The van der Waals surface area contributed by atoms with Gasteiger partial charge in [0, 0.05) is 61.6 Å². The molecule has 0 unspecified atom stereocenters. The number of halogens is 1. The first-order valence-corrected chi connectivity index (χ1v) is 13.2. The number of rotatable bonds is 6. The Bertz CT molecular complexity index is 1270. The Morgan fingerprint density at radius 2 is 1.78 bits per heavy atom. The van der Waals surface area contributed by atoms with Crippen LogP contribution in [0.5, 0.6) is 5.75 Å². The smallest absolute Gasteiger partial charge is 0.178 e. The summed E-state index contributed by atoms with van der Waals surface area (Å²) in [5.74, 6) is 2.44. The Morgan fingerprint density at radius 3 is 2.46 bits per heavy atom. The molecule has 37 heavy (non-hydrogen) atoms. The summed E-state index contributed by atoms with van der Waals surface area (Å²) in [7, 11) is 0. The lowest BCUT2D eigenvalue weighted by Crippen LogP contribution is -2.56. The van der Waals surface area contributed by atoms with Gasteiger partial charge in [-0.3, -0.25) is 9.80 Å². The molecule has 1 saturated heterocycles. The van der Waals surface area contributed by atoms with Gasteiger partial charge in [0.05, 0.1) is 18.7 Å². The number of benzene rings is 1. The maximum Gasteiger partial charge on any atom is 0.178 e. The van der Waals surface area contributed by atoms with Crippen LogP contribution in [0.4, 0.5) is 4.39 Å². The molecule has 10 heteroatoms. The first-order chi connectivity index (χ1) is 17.6. The van der Waals surface area contributed by atoms with E-state index in [4.69, 9.17) is 9.72 Å². The summed E-state index contributed by atoms with van der Waals surface area (Å²) in [5, 5.41) is 14.3. The second kappa shape index (κ2) is 9.81. The minimum atomic E-state index is -0.264. The van der Waals surface area contributed by atoms with E-state index in [1.165, 1.54) is 6.07 Å². The molecule has 1 aromatic carbocycles. The van der Waals surface area contributed by atoms with Crippen LogP contribution in [0.25, 0.3) is 22.9 Å². The van der Waals surface area contributed by atoms with Gasteiger partial charge in [-0.1, -0.05) is 0 Å². The van der Waals surface area contributed by atoms with E-state index in [9.17, 15) is 5.11 Å². The second-order valence-electron chi connectivity index (χ2n) is 11.1. The summed E-state index contributed by atoms with van der Waals surface area (Å²) >= 11 is 0. The highest BCUT2D eigenvalue weighted by Gasteiger charge is 2.32. The minimum absolute atomic E-state index is 0.109. The van der Waals surface area contributed by atoms with Crippen LogP contribution in [0, 0.1) is 12.7 Å². The van der Waals surface area contributed by atoms with E-state index in [2.05, 4.69) is 59.1 Å². The van der Waals surface area contributed by atoms with Crippen molar-refractivity contribution in [2.45, 2.75) is 65.7 Å². The Morgan fingerprint density at radius 1 is 1.05 bits per heavy atom. The third-order valence-corrected chi connectivity index (χ3v) is 7.72. The van der Waals surface area contributed by atoms with Crippen molar-refractivity contribution in [3.8, 4) is 28.7 Å². The molecule has 1 N–H and O–H groups in total. The zero-order valence-electron chi connectivity index (χ0n) is 22.7. The van der Waals surface area contributed by atoms with Crippen molar-refractivity contribution in [1.82, 2.24) is 34.1 Å². The molecule has 0 saturated carbocycles. The summed E-state index contributed by atoms with van der Waals surface area (Å²) in [6.07, 6.45) is 1.99. The minimum Gasteiger partial charge on any atom is -0.491 e. The molecule has 1 fully saturated rings. The third kappa shape index (κ3) is 4.78. The van der Waals surface area contributed by atoms with Gasteiger partial charge in [0.15, 0.2) is 5.82 Å². The molecule has 1 atom stereocenters. The Labute approximate surface area is 217 Å². The summed E-state index contributed by atoms with van der Waals surface area (Å²) in [5.41, 5.74) is 1.92. The summed E-state index contributed by atoms with van der Waals surface area (Å²) in [4.78, 5) is 14.2. The van der Waals surface area contributed by atoms with Crippen molar-refractivity contribution in [3.63, 3.8) is 0 Å². The van der Waals surface area contributed by atoms with Crippen molar-refractivity contribution >= 4 is 0 Å². The fourth-order valence-electron chi connectivity index (χ4n) is 5.33. The summed E-state index contributed by atoms with van der Waals surface area (Å²) in [6, 6.07) is 3.46. The third-order valence-electron chi connectivity index (χ3n) is 7.72. The highest BCUT2D eigenvalue weighted by molar-refractivity contribution is 5.69. The molecular weight excluding hydrogens is 473 g/mol. The number of nitrogens with zero attached hydrogens (tertiary/aromatic N) is 7. The Kier molecular flexibility index (Phi) is 6.84. The molecule has 200 valence electrons. The largest absolute Gasteiger partial charge is 0.491 e. The van der Waals surface area contributed by atoms with Gasteiger partial charge in [0.1, 0.15) is 35.5 Å². The number of piperazine rings is 1. The SMILES string of the molecule is Cc1nc(-c2cn3c(n2)-c2cc([C@@H](C)N4CCN(C(C)(C)CO)CC4)c(F)cc2OCC3)n(C(C)C)n1. The summed E-state index contributed by atoms with van der Waals surface area (Å²) < 4.78 is 25.3. The van der Waals surface area contributed by atoms with Gasteiger partial charge >= 0.3 is 0 Å². The van der Waals surface area contributed by atoms with E-state index < -0.39 is 0 Å². The first kappa shape index (κ1) is 25.8. The predicted molar refractivity (Wildman–Crippen MR) is 140 cm³/mol. The molecule has 4 heterocycles. The average Bonchev–Trinajstić information content (AvgIpc) is 3.43. The monoisotopic (exact) mass is 511 g/mol. The van der Waals surface area contributed by atoms with Crippen LogP contribution >= 0.6 is 0 Å². The van der Waals surface area contributed by atoms with Crippen LogP contribution in [0.3, 0.4) is 0 Å². The number of imidazole rings is 1. The average molecular weight is 512 g/mol. The van der Waals surface area contributed by atoms with Crippen LogP contribution in [0.2, 0.25) is 0 Å².